The second-order valence-corrected chi connectivity index (χ2v) is 3.92. The third kappa shape index (κ3) is 3.12. The van der Waals surface area contributed by atoms with Gasteiger partial charge in [0.15, 0.2) is 0 Å². The molecule has 0 bridgehead atoms. The summed E-state index contributed by atoms with van der Waals surface area (Å²) in [6.45, 7) is 1.86. The number of allylic oxidation sites excluding steroid dienone is 1. The summed E-state index contributed by atoms with van der Waals surface area (Å²) in [4.78, 5) is 18.0. The lowest BCUT2D eigenvalue weighted by Crippen LogP contribution is -2.12. The predicted octanol–water partition coefficient (Wildman–Crippen LogP) is 2.50. The number of hydrazine groups is 1. The van der Waals surface area contributed by atoms with Crippen LogP contribution in [0.15, 0.2) is 36.7 Å². The van der Waals surface area contributed by atoms with Gasteiger partial charge in [0.25, 0.3) is 0 Å². The van der Waals surface area contributed by atoms with Crippen LogP contribution in [0.5, 0.6) is 11.6 Å². The second-order valence-electron chi connectivity index (χ2n) is 3.92. The van der Waals surface area contributed by atoms with Gasteiger partial charge in [-0.2, -0.15) is 4.98 Å². The third-order valence-electron chi connectivity index (χ3n) is 2.58. The predicted molar refractivity (Wildman–Crippen MR) is 77.7 cm³/mol. The zero-order chi connectivity index (χ0) is 15.2. The number of nitrogen functional groups attached to an aromatic ring is 1. The van der Waals surface area contributed by atoms with Crippen molar-refractivity contribution < 1.29 is 9.66 Å². The molecule has 0 aliphatic rings. The van der Waals surface area contributed by atoms with Crippen molar-refractivity contribution >= 4 is 17.6 Å². The topological polar surface area (TPSA) is 116 Å². The van der Waals surface area contributed by atoms with E-state index in [0.717, 1.165) is 11.9 Å². The molecular weight excluding hydrogens is 274 g/mol. The molecule has 0 amide bonds. The van der Waals surface area contributed by atoms with Gasteiger partial charge in [-0.3, -0.25) is 10.1 Å². The van der Waals surface area contributed by atoms with Crippen molar-refractivity contribution in [3.05, 3.63) is 52.3 Å². The average molecular weight is 287 g/mol. The first-order valence-electron chi connectivity index (χ1n) is 6.03. The maximum atomic E-state index is 11.1. The van der Waals surface area contributed by atoms with Crippen molar-refractivity contribution in [2.75, 3.05) is 5.43 Å². The van der Waals surface area contributed by atoms with Crippen LogP contribution in [-0.4, -0.2) is 14.9 Å². The smallest absolute Gasteiger partial charge is 0.374 e. The number of nitrogens with zero attached hydrogens (tertiary/aromatic N) is 3. The number of rotatable bonds is 5. The Bertz CT molecular complexity index is 687. The molecule has 0 atom stereocenters. The van der Waals surface area contributed by atoms with E-state index in [0.29, 0.717) is 5.75 Å². The maximum Gasteiger partial charge on any atom is 0.374 e. The highest BCUT2D eigenvalue weighted by Gasteiger charge is 2.24. The normalized spacial score (nSPS) is 10.6. The molecular formula is C13H13N5O3. The summed E-state index contributed by atoms with van der Waals surface area (Å²) in [5, 5.41) is 11.1. The van der Waals surface area contributed by atoms with E-state index in [-0.39, 0.29) is 11.7 Å². The van der Waals surface area contributed by atoms with Crippen LogP contribution in [0.2, 0.25) is 0 Å². The van der Waals surface area contributed by atoms with Crippen LogP contribution in [-0.2, 0) is 0 Å². The highest BCUT2D eigenvalue weighted by Crippen LogP contribution is 2.34. The number of hydrogen-bond donors (Lipinski definition) is 2. The van der Waals surface area contributed by atoms with Gasteiger partial charge in [0.05, 0.1) is 4.92 Å². The lowest BCUT2D eigenvalue weighted by atomic mass is 10.2. The average Bonchev–Trinajstić information content (AvgIpc) is 2.49. The SMILES string of the molecule is C/C=C/c1ccccc1Oc1ncnc(NN)c1[N+](=O)[O-]. The number of nitrogens with two attached hydrogens (primary N) is 1. The van der Waals surface area contributed by atoms with Gasteiger partial charge in [0.2, 0.25) is 5.82 Å². The number of nitrogens with one attached hydrogen (secondary N) is 1. The number of aromatic nitrogens is 2. The van der Waals surface area contributed by atoms with E-state index in [1.54, 1.807) is 12.1 Å². The van der Waals surface area contributed by atoms with Gasteiger partial charge in [0.1, 0.15) is 12.1 Å². The Morgan fingerprint density at radius 2 is 2.14 bits per heavy atom. The second kappa shape index (κ2) is 6.44. The van der Waals surface area contributed by atoms with Crippen LogP contribution in [0.25, 0.3) is 6.08 Å². The van der Waals surface area contributed by atoms with E-state index in [1.165, 1.54) is 0 Å². The largest absolute Gasteiger partial charge is 0.433 e. The fourth-order valence-corrected chi connectivity index (χ4v) is 1.70. The van der Waals surface area contributed by atoms with E-state index < -0.39 is 10.6 Å². The Kier molecular flexibility index (Phi) is 4.42. The summed E-state index contributed by atoms with van der Waals surface area (Å²) in [5.41, 5.74) is 2.51. The van der Waals surface area contributed by atoms with Crippen molar-refractivity contribution in [1.29, 1.82) is 0 Å². The summed E-state index contributed by atoms with van der Waals surface area (Å²) in [6, 6.07) is 7.11. The van der Waals surface area contributed by atoms with Crippen molar-refractivity contribution in [2.24, 2.45) is 5.84 Å². The molecule has 0 fully saturated rings. The van der Waals surface area contributed by atoms with Crippen molar-refractivity contribution in [3.8, 4) is 11.6 Å². The molecule has 108 valence electrons. The summed E-state index contributed by atoms with van der Waals surface area (Å²) in [7, 11) is 0. The summed E-state index contributed by atoms with van der Waals surface area (Å²) in [6.07, 6.45) is 4.80. The summed E-state index contributed by atoms with van der Waals surface area (Å²) >= 11 is 0. The fraction of sp³-hybridized carbons (Fsp3) is 0.0769. The molecule has 1 heterocycles. The molecule has 2 aromatic rings. The van der Waals surface area contributed by atoms with Gasteiger partial charge >= 0.3 is 11.6 Å². The number of anilines is 1. The highest BCUT2D eigenvalue weighted by molar-refractivity contribution is 5.63. The van der Waals surface area contributed by atoms with Crippen LogP contribution in [0, 0.1) is 10.1 Å². The van der Waals surface area contributed by atoms with Crippen LogP contribution in [0.4, 0.5) is 11.5 Å². The molecule has 21 heavy (non-hydrogen) atoms. The Balaban J connectivity index is 2.47. The molecule has 0 radical (unpaired) electrons. The van der Waals surface area contributed by atoms with E-state index in [4.69, 9.17) is 10.6 Å². The minimum Gasteiger partial charge on any atom is -0.433 e. The van der Waals surface area contributed by atoms with Gasteiger partial charge < -0.3 is 10.2 Å². The zero-order valence-electron chi connectivity index (χ0n) is 11.2. The molecule has 2 rings (SSSR count). The molecule has 0 saturated carbocycles. The number of para-hydroxylation sites is 1. The number of hydrogen-bond acceptors (Lipinski definition) is 7. The molecule has 0 unspecified atom stereocenters. The maximum absolute atomic E-state index is 11.1. The molecule has 0 aliphatic carbocycles. The van der Waals surface area contributed by atoms with Crippen LogP contribution >= 0.6 is 0 Å². The van der Waals surface area contributed by atoms with E-state index in [1.807, 2.05) is 31.2 Å². The van der Waals surface area contributed by atoms with Crippen LogP contribution < -0.4 is 16.0 Å². The molecule has 8 nitrogen and oxygen atoms in total. The third-order valence-corrected chi connectivity index (χ3v) is 2.58. The Hall–Kier alpha value is -3.00. The van der Waals surface area contributed by atoms with Crippen molar-refractivity contribution in [2.45, 2.75) is 6.92 Å². The van der Waals surface area contributed by atoms with Gasteiger partial charge in [-0.1, -0.05) is 30.4 Å². The Morgan fingerprint density at radius 1 is 1.38 bits per heavy atom. The van der Waals surface area contributed by atoms with E-state index >= 15 is 0 Å². The van der Waals surface area contributed by atoms with Crippen LogP contribution in [0.3, 0.4) is 0 Å². The van der Waals surface area contributed by atoms with Gasteiger partial charge in [-0.15, -0.1) is 0 Å². The first-order chi connectivity index (χ1) is 10.2. The van der Waals surface area contributed by atoms with Gasteiger partial charge in [0, 0.05) is 5.56 Å². The zero-order valence-corrected chi connectivity index (χ0v) is 11.2. The van der Waals surface area contributed by atoms with Gasteiger partial charge in [-0.05, 0) is 13.0 Å². The molecule has 0 saturated heterocycles. The van der Waals surface area contributed by atoms with Crippen molar-refractivity contribution in [3.63, 3.8) is 0 Å². The summed E-state index contributed by atoms with van der Waals surface area (Å²) in [5.74, 6) is 5.36. The molecule has 0 spiro atoms. The van der Waals surface area contributed by atoms with Crippen molar-refractivity contribution in [1.82, 2.24) is 9.97 Å². The fourth-order valence-electron chi connectivity index (χ4n) is 1.70. The summed E-state index contributed by atoms with van der Waals surface area (Å²) < 4.78 is 5.56. The Morgan fingerprint density at radius 3 is 2.81 bits per heavy atom. The first kappa shape index (κ1) is 14.4. The molecule has 1 aromatic carbocycles. The Labute approximate surface area is 120 Å². The highest BCUT2D eigenvalue weighted by atomic mass is 16.6. The number of benzene rings is 1. The first-order valence-corrected chi connectivity index (χ1v) is 6.03. The minimum absolute atomic E-state index is 0.117. The standard InChI is InChI=1S/C13H13N5O3/c1-2-5-9-6-3-4-7-10(9)21-13-11(18(19)20)12(17-14)15-8-16-13/h2-8H,14H2,1H3,(H,15,16,17)/b5-2+. The monoisotopic (exact) mass is 287 g/mol. The molecule has 0 aliphatic heterocycles. The number of nitro groups is 1. The lowest BCUT2D eigenvalue weighted by Gasteiger charge is -2.09. The molecule has 8 heteroatoms. The van der Waals surface area contributed by atoms with Crippen LogP contribution in [0.1, 0.15) is 12.5 Å². The molecule has 3 N–H and O–H groups in total. The van der Waals surface area contributed by atoms with Gasteiger partial charge in [-0.25, -0.2) is 10.8 Å². The minimum atomic E-state index is -0.650. The number of ether oxygens (including phenoxy) is 1. The molecule has 1 aromatic heterocycles. The van der Waals surface area contributed by atoms with E-state index in [9.17, 15) is 10.1 Å². The van der Waals surface area contributed by atoms with E-state index in [2.05, 4.69) is 15.4 Å². The quantitative estimate of drug-likeness (QED) is 0.493. The lowest BCUT2D eigenvalue weighted by molar-refractivity contribution is -0.385.